The van der Waals surface area contributed by atoms with Gasteiger partial charge in [0.15, 0.2) is 0 Å². The van der Waals surface area contributed by atoms with Crippen LogP contribution in [0.3, 0.4) is 0 Å². The second-order valence-corrected chi connectivity index (χ2v) is 5.44. The third-order valence-electron chi connectivity index (χ3n) is 1.92. The maximum Gasteiger partial charge on any atom is 0.338 e. The van der Waals surface area contributed by atoms with Gasteiger partial charge in [-0.15, -0.1) is 0 Å². The van der Waals surface area contributed by atoms with E-state index in [1.165, 1.54) is 0 Å². The molecule has 0 amide bonds. The number of anilines is 1. The van der Waals surface area contributed by atoms with Crippen LogP contribution in [0.4, 0.5) is 14.5 Å². The summed E-state index contributed by atoms with van der Waals surface area (Å²) in [5.74, 6) is -4.13. The summed E-state index contributed by atoms with van der Waals surface area (Å²) in [6.07, 6.45) is 0. The molecule has 6 nitrogen and oxygen atoms in total. The fourth-order valence-electron chi connectivity index (χ4n) is 1.28. The van der Waals surface area contributed by atoms with E-state index in [0.717, 1.165) is 0 Å². The zero-order valence-corrected chi connectivity index (χ0v) is 10.9. The smallest absolute Gasteiger partial charge is 0.338 e. The number of benzene rings is 1. The summed E-state index contributed by atoms with van der Waals surface area (Å²) < 4.78 is 53.4. The van der Waals surface area contributed by atoms with Crippen molar-refractivity contribution in [1.82, 2.24) is 4.72 Å². The van der Waals surface area contributed by atoms with Gasteiger partial charge in [0.2, 0.25) is 0 Å². The van der Waals surface area contributed by atoms with Crippen LogP contribution in [0.15, 0.2) is 12.1 Å². The number of hydrogen-bond acceptors (Lipinski definition) is 3. The fourth-order valence-corrected chi connectivity index (χ4v) is 2.40. The summed E-state index contributed by atoms with van der Waals surface area (Å²) >= 11 is 0. The van der Waals surface area contributed by atoms with Gasteiger partial charge in [-0.1, -0.05) is 0 Å². The predicted octanol–water partition coefficient (Wildman–Crippen LogP) is 1.32. The molecule has 0 heterocycles. The number of carboxylic acid groups (broad SMARTS) is 1. The SMILES string of the molecule is CC(C)NS(=O)(=O)Nc1cc(C(=O)O)c(F)cc1F. The van der Waals surface area contributed by atoms with Gasteiger partial charge in [-0.25, -0.2) is 13.6 Å². The largest absolute Gasteiger partial charge is 0.478 e. The standard InChI is InChI=1S/C10H12F2N2O4S/c1-5(2)13-19(17,18)14-9-3-6(10(15)16)7(11)4-8(9)12/h3-5,13-14H,1-2H3,(H,15,16). The van der Waals surface area contributed by atoms with E-state index in [2.05, 4.69) is 4.72 Å². The summed E-state index contributed by atoms with van der Waals surface area (Å²) in [6.45, 7) is 3.09. The molecule has 0 radical (unpaired) electrons. The molecule has 0 fully saturated rings. The summed E-state index contributed by atoms with van der Waals surface area (Å²) in [4.78, 5) is 10.7. The Kier molecular flexibility index (Phi) is 4.43. The van der Waals surface area contributed by atoms with E-state index in [0.29, 0.717) is 12.1 Å². The molecule has 0 spiro atoms. The van der Waals surface area contributed by atoms with E-state index in [4.69, 9.17) is 5.11 Å². The van der Waals surface area contributed by atoms with Crippen molar-refractivity contribution < 1.29 is 27.1 Å². The summed E-state index contributed by atoms with van der Waals surface area (Å²) in [7, 11) is -4.07. The minimum atomic E-state index is -4.07. The third-order valence-corrected chi connectivity index (χ3v) is 3.19. The number of carbonyl (C=O) groups is 1. The maximum atomic E-state index is 13.4. The monoisotopic (exact) mass is 294 g/mol. The Morgan fingerprint density at radius 2 is 1.84 bits per heavy atom. The Balaban J connectivity index is 3.15. The Bertz CT molecular complexity index is 602. The van der Waals surface area contributed by atoms with Crippen LogP contribution in [-0.4, -0.2) is 25.5 Å². The average molecular weight is 294 g/mol. The van der Waals surface area contributed by atoms with Gasteiger partial charge in [-0.3, -0.25) is 4.72 Å². The molecule has 0 aliphatic carbocycles. The van der Waals surface area contributed by atoms with Crippen molar-refractivity contribution in [3.05, 3.63) is 29.3 Å². The molecule has 0 aromatic heterocycles. The van der Waals surface area contributed by atoms with Gasteiger partial charge in [0, 0.05) is 12.1 Å². The number of aromatic carboxylic acids is 1. The highest BCUT2D eigenvalue weighted by molar-refractivity contribution is 7.90. The van der Waals surface area contributed by atoms with Gasteiger partial charge < -0.3 is 5.11 Å². The molecule has 19 heavy (non-hydrogen) atoms. The summed E-state index contributed by atoms with van der Waals surface area (Å²) in [5, 5.41) is 8.67. The van der Waals surface area contributed by atoms with Crippen molar-refractivity contribution in [2.24, 2.45) is 0 Å². The van der Waals surface area contributed by atoms with Gasteiger partial charge in [0.05, 0.1) is 11.3 Å². The molecule has 1 aromatic rings. The van der Waals surface area contributed by atoms with Crippen LogP contribution in [-0.2, 0) is 10.2 Å². The van der Waals surface area contributed by atoms with Crippen LogP contribution in [0, 0.1) is 11.6 Å². The predicted molar refractivity (Wildman–Crippen MR) is 64.1 cm³/mol. The van der Waals surface area contributed by atoms with Gasteiger partial charge in [0.1, 0.15) is 11.6 Å². The second kappa shape index (κ2) is 5.49. The molecule has 1 aromatic carbocycles. The highest BCUT2D eigenvalue weighted by atomic mass is 32.2. The van der Waals surface area contributed by atoms with E-state index >= 15 is 0 Å². The molecule has 0 saturated carbocycles. The van der Waals surface area contributed by atoms with Gasteiger partial charge >= 0.3 is 5.97 Å². The van der Waals surface area contributed by atoms with E-state index in [-0.39, 0.29) is 0 Å². The maximum absolute atomic E-state index is 13.4. The molecule has 0 saturated heterocycles. The minimum absolute atomic E-state index is 0.302. The first-order valence-corrected chi connectivity index (χ1v) is 6.63. The van der Waals surface area contributed by atoms with E-state index in [9.17, 15) is 22.0 Å². The number of halogens is 2. The van der Waals surface area contributed by atoms with Gasteiger partial charge in [-0.05, 0) is 19.9 Å². The van der Waals surface area contributed by atoms with Crippen molar-refractivity contribution in [2.75, 3.05) is 4.72 Å². The molecule has 106 valence electrons. The van der Waals surface area contributed by atoms with Crippen molar-refractivity contribution >= 4 is 21.9 Å². The first kappa shape index (κ1) is 15.3. The van der Waals surface area contributed by atoms with Crippen molar-refractivity contribution in [3.63, 3.8) is 0 Å². The molecule has 1 rings (SSSR count). The van der Waals surface area contributed by atoms with Gasteiger partial charge in [0.25, 0.3) is 10.2 Å². The molecule has 0 aliphatic heterocycles. The van der Waals surface area contributed by atoms with Crippen LogP contribution in [0.25, 0.3) is 0 Å². The molecule has 0 aliphatic rings. The zero-order valence-electron chi connectivity index (χ0n) is 10.1. The van der Waals surface area contributed by atoms with Crippen molar-refractivity contribution in [2.45, 2.75) is 19.9 Å². The molecule has 0 atom stereocenters. The van der Waals surface area contributed by atoms with Crippen LogP contribution in [0.1, 0.15) is 24.2 Å². The summed E-state index contributed by atoms with van der Waals surface area (Å²) in [5.41, 5.74) is -1.48. The highest BCUT2D eigenvalue weighted by Crippen LogP contribution is 2.20. The lowest BCUT2D eigenvalue weighted by atomic mass is 10.2. The third kappa shape index (κ3) is 4.14. The second-order valence-electron chi connectivity index (χ2n) is 4.00. The first-order valence-electron chi connectivity index (χ1n) is 5.15. The molecule has 0 unspecified atom stereocenters. The fraction of sp³-hybridized carbons (Fsp3) is 0.300. The number of nitrogens with one attached hydrogen (secondary N) is 2. The molecular weight excluding hydrogens is 282 g/mol. The lowest BCUT2D eigenvalue weighted by Crippen LogP contribution is -2.35. The topological polar surface area (TPSA) is 95.5 Å². The van der Waals surface area contributed by atoms with Crippen molar-refractivity contribution in [3.8, 4) is 0 Å². The van der Waals surface area contributed by atoms with Crippen LogP contribution in [0.2, 0.25) is 0 Å². The quantitative estimate of drug-likeness (QED) is 0.763. The highest BCUT2D eigenvalue weighted by Gasteiger charge is 2.19. The van der Waals surface area contributed by atoms with E-state index < -0.39 is 45.1 Å². The van der Waals surface area contributed by atoms with Gasteiger partial charge in [-0.2, -0.15) is 13.1 Å². The average Bonchev–Trinajstić information content (AvgIpc) is 2.19. The summed E-state index contributed by atoms with van der Waals surface area (Å²) in [6, 6.07) is 0.434. The number of carboxylic acids is 1. The Morgan fingerprint density at radius 1 is 1.26 bits per heavy atom. The molecule has 3 N–H and O–H groups in total. The molecular formula is C10H12F2N2O4S. The van der Waals surface area contributed by atoms with E-state index in [1.807, 2.05) is 0 Å². The lowest BCUT2D eigenvalue weighted by molar-refractivity contribution is 0.0692. The zero-order chi connectivity index (χ0) is 14.8. The Labute approximate surface area is 108 Å². The van der Waals surface area contributed by atoms with E-state index in [1.54, 1.807) is 18.6 Å². The normalized spacial score (nSPS) is 11.6. The Hall–Kier alpha value is -1.74. The van der Waals surface area contributed by atoms with Crippen molar-refractivity contribution in [1.29, 1.82) is 0 Å². The lowest BCUT2D eigenvalue weighted by Gasteiger charge is -2.12. The molecule has 9 heteroatoms. The van der Waals surface area contributed by atoms with Crippen LogP contribution < -0.4 is 9.44 Å². The minimum Gasteiger partial charge on any atom is -0.478 e. The number of rotatable bonds is 5. The first-order chi connectivity index (χ1) is 8.62. The Morgan fingerprint density at radius 3 is 2.32 bits per heavy atom. The molecule has 0 bridgehead atoms. The number of hydrogen-bond donors (Lipinski definition) is 3. The van der Waals surface area contributed by atoms with Crippen LogP contribution >= 0.6 is 0 Å². The van der Waals surface area contributed by atoms with Crippen LogP contribution in [0.5, 0.6) is 0 Å².